The van der Waals surface area contributed by atoms with E-state index in [1.807, 2.05) is 22.6 Å². The van der Waals surface area contributed by atoms with Crippen LogP contribution in [-0.4, -0.2) is 23.4 Å². The number of amides is 1. The van der Waals surface area contributed by atoms with Crippen LogP contribution in [0.1, 0.15) is 37.0 Å². The molecule has 0 aromatic heterocycles. The first-order valence-electron chi connectivity index (χ1n) is 6.18. The Morgan fingerprint density at radius 3 is 2.74 bits per heavy atom. The summed E-state index contributed by atoms with van der Waals surface area (Å²) in [6.45, 7) is 4.80. The van der Waals surface area contributed by atoms with Gasteiger partial charge in [0.2, 0.25) is 0 Å². The molecule has 3 nitrogen and oxygen atoms in total. The van der Waals surface area contributed by atoms with Crippen molar-refractivity contribution in [2.24, 2.45) is 5.41 Å². The van der Waals surface area contributed by atoms with Crippen LogP contribution in [-0.2, 0) is 0 Å². The molecule has 19 heavy (non-hydrogen) atoms. The van der Waals surface area contributed by atoms with E-state index >= 15 is 0 Å². The molecule has 1 rings (SSSR count). The van der Waals surface area contributed by atoms with Gasteiger partial charge in [-0.1, -0.05) is 13.8 Å². The molecule has 0 aliphatic heterocycles. The second kappa shape index (κ2) is 7.33. The maximum Gasteiger partial charge on any atom is 0.251 e. The van der Waals surface area contributed by atoms with E-state index in [9.17, 15) is 9.90 Å². The summed E-state index contributed by atoms with van der Waals surface area (Å²) in [5.74, 6) is 0.614. The highest BCUT2D eigenvalue weighted by atomic mass is 127. The highest BCUT2D eigenvalue weighted by Gasteiger charge is 2.19. The highest BCUT2D eigenvalue weighted by molar-refractivity contribution is 14.1. The van der Waals surface area contributed by atoms with Gasteiger partial charge in [0.25, 0.3) is 5.91 Å². The standard InChI is InChI=1S/C14H19ClINO2/c1-14(2,6-3-7-15)9-17-13(19)10-4-5-11(16)12(18)8-10/h4-5,8,18H,3,6-7,9H2,1-2H3,(H,17,19). The molecule has 0 bridgehead atoms. The Balaban J connectivity index is 2.57. The number of aromatic hydroxyl groups is 1. The first-order chi connectivity index (χ1) is 8.85. The van der Waals surface area contributed by atoms with Crippen LogP contribution < -0.4 is 5.32 Å². The Hall–Kier alpha value is -0.490. The van der Waals surface area contributed by atoms with Crippen LogP contribution in [0.3, 0.4) is 0 Å². The van der Waals surface area contributed by atoms with E-state index in [1.165, 1.54) is 6.07 Å². The number of phenolic OH excluding ortho intramolecular Hbond substituents is 1. The SMILES string of the molecule is CC(C)(CCCCl)CNC(=O)c1ccc(I)c(O)c1. The Morgan fingerprint density at radius 1 is 1.47 bits per heavy atom. The summed E-state index contributed by atoms with van der Waals surface area (Å²) in [4.78, 5) is 12.0. The number of alkyl halides is 1. The summed E-state index contributed by atoms with van der Waals surface area (Å²) in [5, 5.41) is 12.5. The van der Waals surface area contributed by atoms with E-state index in [1.54, 1.807) is 12.1 Å². The Labute approximate surface area is 132 Å². The van der Waals surface area contributed by atoms with Gasteiger partial charge in [-0.3, -0.25) is 4.79 Å². The number of hydrogen-bond donors (Lipinski definition) is 2. The minimum absolute atomic E-state index is 0.0236. The molecule has 0 unspecified atom stereocenters. The van der Waals surface area contributed by atoms with Crippen LogP contribution >= 0.6 is 34.2 Å². The fourth-order valence-corrected chi connectivity index (χ4v) is 2.18. The van der Waals surface area contributed by atoms with Crippen molar-refractivity contribution in [1.82, 2.24) is 5.32 Å². The van der Waals surface area contributed by atoms with Gasteiger partial charge in [0.1, 0.15) is 5.75 Å². The van der Waals surface area contributed by atoms with E-state index < -0.39 is 0 Å². The molecular formula is C14H19ClINO2. The molecule has 0 aliphatic carbocycles. The predicted octanol–water partition coefficient (Wildman–Crippen LogP) is 3.77. The van der Waals surface area contributed by atoms with Gasteiger partial charge >= 0.3 is 0 Å². The second-order valence-corrected chi connectivity index (χ2v) is 6.85. The van der Waals surface area contributed by atoms with Crippen LogP contribution in [0.5, 0.6) is 5.75 Å². The summed E-state index contributed by atoms with van der Waals surface area (Å²) in [7, 11) is 0. The number of carbonyl (C=O) groups is 1. The lowest BCUT2D eigenvalue weighted by molar-refractivity contribution is 0.0934. The zero-order valence-electron chi connectivity index (χ0n) is 11.2. The fraction of sp³-hybridized carbons (Fsp3) is 0.500. The molecular weight excluding hydrogens is 377 g/mol. The summed E-state index contributed by atoms with van der Waals surface area (Å²) >= 11 is 7.70. The summed E-state index contributed by atoms with van der Waals surface area (Å²) in [5.41, 5.74) is 0.501. The van der Waals surface area contributed by atoms with Gasteiger partial charge in [-0.25, -0.2) is 0 Å². The quantitative estimate of drug-likeness (QED) is 0.569. The molecule has 106 valence electrons. The lowest BCUT2D eigenvalue weighted by Gasteiger charge is -2.24. The number of rotatable bonds is 6. The van der Waals surface area contributed by atoms with Crippen LogP contribution in [0.15, 0.2) is 18.2 Å². The molecule has 1 aromatic rings. The molecule has 1 amide bonds. The fourth-order valence-electron chi connectivity index (χ4n) is 1.71. The van der Waals surface area contributed by atoms with E-state index in [4.69, 9.17) is 11.6 Å². The van der Waals surface area contributed by atoms with Crippen LogP contribution in [0.2, 0.25) is 0 Å². The molecule has 0 heterocycles. The van der Waals surface area contributed by atoms with Crippen LogP contribution in [0.4, 0.5) is 0 Å². The maximum absolute atomic E-state index is 12.0. The molecule has 0 saturated carbocycles. The molecule has 0 saturated heterocycles. The summed E-state index contributed by atoms with van der Waals surface area (Å²) in [6.07, 6.45) is 1.91. The lowest BCUT2D eigenvalue weighted by atomic mass is 9.88. The van der Waals surface area contributed by atoms with Crippen molar-refractivity contribution in [2.45, 2.75) is 26.7 Å². The Bertz CT molecular complexity index is 449. The van der Waals surface area contributed by atoms with Crippen molar-refractivity contribution >= 4 is 40.1 Å². The van der Waals surface area contributed by atoms with Crippen molar-refractivity contribution in [2.75, 3.05) is 12.4 Å². The van der Waals surface area contributed by atoms with Crippen LogP contribution in [0.25, 0.3) is 0 Å². The van der Waals surface area contributed by atoms with Crippen molar-refractivity contribution in [3.05, 3.63) is 27.3 Å². The van der Waals surface area contributed by atoms with Gasteiger partial charge in [0, 0.05) is 18.0 Å². The number of nitrogens with one attached hydrogen (secondary N) is 1. The molecule has 0 atom stereocenters. The maximum atomic E-state index is 12.0. The van der Waals surface area contributed by atoms with E-state index in [0.29, 0.717) is 18.0 Å². The first kappa shape index (κ1) is 16.6. The zero-order chi connectivity index (χ0) is 14.5. The molecule has 2 N–H and O–H groups in total. The highest BCUT2D eigenvalue weighted by Crippen LogP contribution is 2.23. The molecule has 5 heteroatoms. The molecule has 1 aromatic carbocycles. The predicted molar refractivity (Wildman–Crippen MR) is 86.9 cm³/mol. The number of benzene rings is 1. The number of carbonyl (C=O) groups excluding carboxylic acids is 1. The molecule has 0 spiro atoms. The van der Waals surface area contributed by atoms with Crippen molar-refractivity contribution in [1.29, 1.82) is 0 Å². The number of halogens is 2. The van der Waals surface area contributed by atoms with Gasteiger partial charge in [0.15, 0.2) is 0 Å². The van der Waals surface area contributed by atoms with Gasteiger partial charge in [-0.15, -0.1) is 11.6 Å². The third-order valence-electron chi connectivity index (χ3n) is 2.92. The average Bonchev–Trinajstić information content (AvgIpc) is 2.37. The Kier molecular flexibility index (Phi) is 6.39. The summed E-state index contributed by atoms with van der Waals surface area (Å²) < 4.78 is 0.733. The normalized spacial score (nSPS) is 11.4. The van der Waals surface area contributed by atoms with Crippen molar-refractivity contribution in [3.8, 4) is 5.75 Å². The van der Waals surface area contributed by atoms with Gasteiger partial charge in [0.05, 0.1) is 3.57 Å². The zero-order valence-corrected chi connectivity index (χ0v) is 14.1. The molecule has 0 radical (unpaired) electrons. The van der Waals surface area contributed by atoms with Crippen molar-refractivity contribution < 1.29 is 9.90 Å². The van der Waals surface area contributed by atoms with Crippen molar-refractivity contribution in [3.63, 3.8) is 0 Å². The average molecular weight is 396 g/mol. The summed E-state index contributed by atoms with van der Waals surface area (Å²) in [6, 6.07) is 4.93. The minimum Gasteiger partial charge on any atom is -0.507 e. The number of phenols is 1. The van der Waals surface area contributed by atoms with Gasteiger partial charge < -0.3 is 10.4 Å². The third-order valence-corrected chi connectivity index (χ3v) is 4.10. The van der Waals surface area contributed by atoms with Crippen LogP contribution in [0, 0.1) is 8.99 Å². The van der Waals surface area contributed by atoms with Gasteiger partial charge in [-0.05, 0) is 59.0 Å². The Morgan fingerprint density at radius 2 is 2.16 bits per heavy atom. The first-order valence-corrected chi connectivity index (χ1v) is 7.80. The van der Waals surface area contributed by atoms with E-state index in [0.717, 1.165) is 16.4 Å². The number of hydrogen-bond acceptors (Lipinski definition) is 2. The molecule has 0 aliphatic rings. The van der Waals surface area contributed by atoms with E-state index in [2.05, 4.69) is 19.2 Å². The topological polar surface area (TPSA) is 49.3 Å². The smallest absolute Gasteiger partial charge is 0.251 e. The lowest BCUT2D eigenvalue weighted by Crippen LogP contribution is -2.34. The third kappa shape index (κ3) is 5.57. The second-order valence-electron chi connectivity index (χ2n) is 5.31. The molecule has 0 fully saturated rings. The largest absolute Gasteiger partial charge is 0.507 e. The minimum atomic E-state index is -0.161. The van der Waals surface area contributed by atoms with Gasteiger partial charge in [-0.2, -0.15) is 0 Å². The van der Waals surface area contributed by atoms with E-state index in [-0.39, 0.29) is 17.1 Å². The monoisotopic (exact) mass is 395 g/mol.